The lowest BCUT2D eigenvalue weighted by Crippen LogP contribution is -2.27. The Hall–Kier alpha value is -0.970. The molecule has 0 bridgehead atoms. The number of carboxylic acids is 1. The molecule has 5 heteroatoms. The minimum Gasteiger partial charge on any atom is -0.481 e. The molecule has 0 unspecified atom stereocenters. The van der Waals surface area contributed by atoms with Crippen LogP contribution in [0.4, 0.5) is 0 Å². The molecule has 1 N–H and O–H groups in total. The molecule has 0 radical (unpaired) electrons. The van der Waals surface area contributed by atoms with E-state index in [1.807, 2.05) is 6.20 Å². The number of imidazole rings is 1. The summed E-state index contributed by atoms with van der Waals surface area (Å²) in [4.78, 5) is 15.3. The van der Waals surface area contributed by atoms with Crippen molar-refractivity contribution in [3.8, 4) is 0 Å². The highest BCUT2D eigenvalue weighted by Gasteiger charge is 2.29. The highest BCUT2D eigenvalue weighted by Crippen LogP contribution is 2.39. The number of carbonyl (C=O) groups is 1. The Morgan fingerprint density at radius 2 is 2.10 bits per heavy atom. The van der Waals surface area contributed by atoms with Gasteiger partial charge in [-0.15, -0.1) is 0 Å². The second kappa shape index (κ2) is 6.86. The summed E-state index contributed by atoms with van der Waals surface area (Å²) in [5, 5.41) is 9.75. The van der Waals surface area contributed by atoms with Gasteiger partial charge in [0.2, 0.25) is 0 Å². The quantitative estimate of drug-likeness (QED) is 0.802. The Bertz CT molecular complexity index is 490. The maximum absolute atomic E-state index is 10.8. The summed E-state index contributed by atoms with van der Waals surface area (Å²) in [7, 11) is 0. The second-order valence-electron chi connectivity index (χ2n) is 6.76. The van der Waals surface area contributed by atoms with E-state index in [1.165, 1.54) is 49.6 Å². The minimum absolute atomic E-state index is 0.0747. The maximum atomic E-state index is 10.8. The molecular weight excluding hydrogens is 284 g/mol. The van der Waals surface area contributed by atoms with Crippen molar-refractivity contribution >= 4 is 17.7 Å². The van der Waals surface area contributed by atoms with Crippen molar-refractivity contribution in [2.75, 3.05) is 5.75 Å². The van der Waals surface area contributed by atoms with E-state index >= 15 is 0 Å². The number of thioether (sulfide) groups is 1. The molecule has 118 valence electrons. The van der Waals surface area contributed by atoms with Crippen molar-refractivity contribution in [1.29, 1.82) is 0 Å². The average molecular weight is 310 g/mol. The zero-order valence-electron chi connectivity index (χ0n) is 13.3. The van der Waals surface area contributed by atoms with E-state index in [-0.39, 0.29) is 5.75 Å². The van der Waals surface area contributed by atoms with Crippen molar-refractivity contribution in [2.24, 2.45) is 5.41 Å². The average Bonchev–Trinajstić information content (AvgIpc) is 2.79. The van der Waals surface area contributed by atoms with E-state index in [0.29, 0.717) is 11.3 Å². The first-order chi connectivity index (χ1) is 9.91. The molecule has 0 aromatic carbocycles. The Kier molecular flexibility index (Phi) is 5.36. The van der Waals surface area contributed by atoms with E-state index in [1.54, 1.807) is 0 Å². The van der Waals surface area contributed by atoms with Crippen molar-refractivity contribution in [2.45, 2.75) is 70.5 Å². The number of carboxylic acid groups (broad SMARTS) is 1. The van der Waals surface area contributed by atoms with Crippen LogP contribution >= 0.6 is 11.8 Å². The van der Waals surface area contributed by atoms with Crippen LogP contribution in [0.2, 0.25) is 0 Å². The summed E-state index contributed by atoms with van der Waals surface area (Å²) in [5.74, 6) is -0.306. The largest absolute Gasteiger partial charge is 0.481 e. The number of hydrogen-bond donors (Lipinski definition) is 1. The molecule has 0 saturated heterocycles. The van der Waals surface area contributed by atoms with Gasteiger partial charge < -0.3 is 9.67 Å². The van der Waals surface area contributed by atoms with Crippen molar-refractivity contribution < 1.29 is 9.90 Å². The summed E-state index contributed by atoms with van der Waals surface area (Å²) in [6.45, 7) is 7.66. The van der Waals surface area contributed by atoms with Crippen LogP contribution in [-0.2, 0) is 11.3 Å². The zero-order valence-corrected chi connectivity index (χ0v) is 14.1. The number of aromatic nitrogens is 2. The van der Waals surface area contributed by atoms with Crippen LogP contribution in [0.5, 0.6) is 0 Å². The Morgan fingerprint density at radius 3 is 2.67 bits per heavy atom. The molecule has 1 aromatic heterocycles. The molecule has 1 fully saturated rings. The van der Waals surface area contributed by atoms with Crippen LogP contribution in [0.15, 0.2) is 11.4 Å². The van der Waals surface area contributed by atoms with Gasteiger partial charge in [0.05, 0.1) is 5.75 Å². The molecule has 4 nitrogen and oxygen atoms in total. The maximum Gasteiger partial charge on any atom is 0.313 e. The van der Waals surface area contributed by atoms with Crippen molar-refractivity contribution in [3.05, 3.63) is 11.9 Å². The third-order valence-electron chi connectivity index (χ3n) is 4.37. The molecule has 1 aliphatic carbocycles. The van der Waals surface area contributed by atoms with Gasteiger partial charge in [-0.3, -0.25) is 4.79 Å². The number of rotatable bonds is 6. The second-order valence-corrected chi connectivity index (χ2v) is 7.70. The molecule has 1 aromatic rings. The zero-order chi connectivity index (χ0) is 15.5. The van der Waals surface area contributed by atoms with Crippen LogP contribution in [-0.4, -0.2) is 26.4 Å². The van der Waals surface area contributed by atoms with Crippen LogP contribution in [0, 0.1) is 5.41 Å². The SMILES string of the molecule is CC(C)c1cnc(SCC(=O)O)n1CC1(C)CCCCC1. The molecule has 0 atom stereocenters. The van der Waals surface area contributed by atoms with E-state index in [0.717, 1.165) is 11.7 Å². The van der Waals surface area contributed by atoms with Gasteiger partial charge in [0, 0.05) is 18.4 Å². The van der Waals surface area contributed by atoms with E-state index in [4.69, 9.17) is 5.11 Å². The van der Waals surface area contributed by atoms with Gasteiger partial charge in [0.1, 0.15) is 0 Å². The van der Waals surface area contributed by atoms with E-state index in [9.17, 15) is 4.79 Å². The highest BCUT2D eigenvalue weighted by molar-refractivity contribution is 7.99. The molecule has 0 aliphatic heterocycles. The van der Waals surface area contributed by atoms with Crippen LogP contribution in [0.3, 0.4) is 0 Å². The fourth-order valence-electron chi connectivity index (χ4n) is 3.18. The van der Waals surface area contributed by atoms with Gasteiger partial charge in [-0.1, -0.05) is 51.8 Å². The lowest BCUT2D eigenvalue weighted by atomic mass is 9.75. The van der Waals surface area contributed by atoms with Gasteiger partial charge in [0.25, 0.3) is 0 Å². The lowest BCUT2D eigenvalue weighted by molar-refractivity contribution is -0.133. The number of hydrogen-bond acceptors (Lipinski definition) is 3. The number of aliphatic carboxylic acids is 1. The number of nitrogens with zero attached hydrogens (tertiary/aromatic N) is 2. The van der Waals surface area contributed by atoms with Gasteiger partial charge in [0.15, 0.2) is 5.16 Å². The predicted octanol–water partition coefficient (Wildman–Crippen LogP) is 4.15. The smallest absolute Gasteiger partial charge is 0.313 e. The summed E-state index contributed by atoms with van der Waals surface area (Å²) in [5.41, 5.74) is 1.54. The van der Waals surface area contributed by atoms with Crippen molar-refractivity contribution in [3.63, 3.8) is 0 Å². The fourth-order valence-corrected chi connectivity index (χ4v) is 3.88. The predicted molar refractivity (Wildman–Crippen MR) is 85.9 cm³/mol. The van der Waals surface area contributed by atoms with Crippen LogP contribution in [0.25, 0.3) is 0 Å². The van der Waals surface area contributed by atoms with Gasteiger partial charge in [-0.25, -0.2) is 4.98 Å². The summed E-state index contributed by atoms with van der Waals surface area (Å²) >= 11 is 1.33. The molecular formula is C16H26N2O2S. The third kappa shape index (κ3) is 4.25. The molecule has 0 amide bonds. The topological polar surface area (TPSA) is 55.1 Å². The minimum atomic E-state index is -0.787. The summed E-state index contributed by atoms with van der Waals surface area (Å²) in [6, 6.07) is 0. The first-order valence-corrected chi connectivity index (χ1v) is 8.80. The van der Waals surface area contributed by atoms with Gasteiger partial charge in [-0.05, 0) is 24.2 Å². The Morgan fingerprint density at radius 1 is 1.43 bits per heavy atom. The first kappa shape index (κ1) is 16.4. The normalized spacial score (nSPS) is 18.1. The molecule has 0 spiro atoms. The Balaban J connectivity index is 2.21. The van der Waals surface area contributed by atoms with Gasteiger partial charge in [-0.2, -0.15) is 0 Å². The fraction of sp³-hybridized carbons (Fsp3) is 0.750. The standard InChI is InChI=1S/C16H26N2O2S/c1-12(2)13-9-17-15(21-10-14(19)20)18(13)11-16(3)7-5-4-6-8-16/h9,12H,4-8,10-11H2,1-3H3,(H,19,20). The molecule has 2 rings (SSSR count). The molecule has 1 saturated carbocycles. The van der Waals surface area contributed by atoms with Gasteiger partial charge >= 0.3 is 5.97 Å². The van der Waals surface area contributed by atoms with E-state index < -0.39 is 5.97 Å². The lowest BCUT2D eigenvalue weighted by Gasteiger charge is -2.35. The molecule has 1 aliphatic rings. The molecule has 1 heterocycles. The third-order valence-corrected chi connectivity index (χ3v) is 5.34. The highest BCUT2D eigenvalue weighted by atomic mass is 32.2. The van der Waals surface area contributed by atoms with Crippen molar-refractivity contribution in [1.82, 2.24) is 9.55 Å². The monoisotopic (exact) mass is 310 g/mol. The Labute approximate surface area is 131 Å². The summed E-state index contributed by atoms with van der Waals surface area (Å²) < 4.78 is 2.27. The van der Waals surface area contributed by atoms with Crippen LogP contribution < -0.4 is 0 Å². The molecule has 21 heavy (non-hydrogen) atoms. The van der Waals surface area contributed by atoms with Crippen LogP contribution in [0.1, 0.15) is 64.5 Å². The summed E-state index contributed by atoms with van der Waals surface area (Å²) in [6.07, 6.45) is 8.38. The van der Waals surface area contributed by atoms with E-state index in [2.05, 4.69) is 30.3 Å². The first-order valence-electron chi connectivity index (χ1n) is 7.81.